The van der Waals surface area contributed by atoms with E-state index in [-0.39, 0.29) is 11.4 Å². The maximum atomic E-state index is 14.5. The summed E-state index contributed by atoms with van der Waals surface area (Å²) >= 11 is 0. The molecule has 4 aliphatic rings. The molecule has 134 valence electrons. The number of halogens is 1. The molecule has 5 rings (SSSR count). The average molecular weight is 345 g/mol. The van der Waals surface area contributed by atoms with E-state index in [2.05, 4.69) is 9.80 Å². The third-order valence-electron chi connectivity index (χ3n) is 6.68. The van der Waals surface area contributed by atoms with E-state index >= 15 is 0 Å². The Bertz CT molecular complexity index is 720. The fourth-order valence-corrected chi connectivity index (χ4v) is 5.12. The molecule has 0 aromatic heterocycles. The lowest BCUT2D eigenvalue weighted by molar-refractivity contribution is -0.115. The van der Waals surface area contributed by atoms with Crippen LogP contribution in [-0.2, 0) is 13.0 Å². The van der Waals surface area contributed by atoms with Crippen molar-refractivity contribution in [3.05, 3.63) is 34.6 Å². The number of nitrogens with zero attached hydrogens (tertiary/aromatic N) is 2. The van der Waals surface area contributed by atoms with E-state index in [1.165, 1.54) is 44.8 Å². The smallest absolute Gasteiger partial charge is 0.274 e. The molecule has 25 heavy (non-hydrogen) atoms. The van der Waals surface area contributed by atoms with E-state index in [4.69, 9.17) is 5.21 Å². The number of hydroxylamine groups is 1. The van der Waals surface area contributed by atoms with Crippen molar-refractivity contribution in [3.63, 3.8) is 0 Å². The highest BCUT2D eigenvalue weighted by Gasteiger charge is 2.56. The Morgan fingerprint density at radius 1 is 1.20 bits per heavy atom. The highest BCUT2D eigenvalue weighted by atomic mass is 19.1. The minimum absolute atomic E-state index is 0.185. The lowest BCUT2D eigenvalue weighted by atomic mass is 9.60. The number of hydrogen-bond donors (Lipinski definition) is 2. The summed E-state index contributed by atoms with van der Waals surface area (Å²) in [5, 5.41) is 8.74. The number of nitrogens with one attached hydrogen (secondary N) is 1. The Balaban J connectivity index is 1.24. The molecule has 1 saturated heterocycles. The summed E-state index contributed by atoms with van der Waals surface area (Å²) < 4.78 is 14.5. The van der Waals surface area contributed by atoms with Gasteiger partial charge in [-0.1, -0.05) is 0 Å². The van der Waals surface area contributed by atoms with Gasteiger partial charge in [0, 0.05) is 49.4 Å². The third-order valence-corrected chi connectivity index (χ3v) is 6.68. The van der Waals surface area contributed by atoms with Crippen molar-refractivity contribution in [3.8, 4) is 0 Å². The number of amides is 1. The molecule has 0 atom stereocenters. The van der Waals surface area contributed by atoms with E-state index in [0.717, 1.165) is 30.1 Å². The lowest BCUT2D eigenvalue weighted by Crippen LogP contribution is -2.67. The summed E-state index contributed by atoms with van der Waals surface area (Å²) in [5.74, 6) is -0.992. The van der Waals surface area contributed by atoms with Crippen molar-refractivity contribution in [1.29, 1.82) is 0 Å². The monoisotopic (exact) mass is 345 g/mol. The SMILES string of the molecule is O=C(NO)c1cc(F)c2c(c1)CCN(C1CC3(C1)CN(C1CC1)C3)C2. The molecule has 3 fully saturated rings. The van der Waals surface area contributed by atoms with Gasteiger partial charge >= 0.3 is 0 Å². The minimum Gasteiger partial charge on any atom is -0.299 e. The molecule has 2 heterocycles. The van der Waals surface area contributed by atoms with E-state index in [1.54, 1.807) is 11.5 Å². The topological polar surface area (TPSA) is 55.8 Å². The predicted molar refractivity (Wildman–Crippen MR) is 89.8 cm³/mol. The number of carbonyl (C=O) groups is 1. The molecular formula is C19H24FN3O2. The van der Waals surface area contributed by atoms with Crippen LogP contribution in [0.3, 0.4) is 0 Å². The van der Waals surface area contributed by atoms with Gasteiger partial charge in [-0.15, -0.1) is 0 Å². The molecule has 2 aliphatic heterocycles. The quantitative estimate of drug-likeness (QED) is 0.649. The molecule has 1 amide bonds. The Hall–Kier alpha value is -1.50. The van der Waals surface area contributed by atoms with Gasteiger partial charge in [0.2, 0.25) is 0 Å². The second-order valence-electron chi connectivity index (χ2n) is 8.46. The van der Waals surface area contributed by atoms with Gasteiger partial charge in [-0.3, -0.25) is 19.8 Å². The maximum absolute atomic E-state index is 14.5. The number of hydrogen-bond acceptors (Lipinski definition) is 4. The first-order valence-corrected chi connectivity index (χ1v) is 9.31. The number of likely N-dealkylation sites (tertiary alicyclic amines) is 1. The molecule has 0 bridgehead atoms. The van der Waals surface area contributed by atoms with E-state index in [0.29, 0.717) is 18.0 Å². The number of benzene rings is 1. The zero-order valence-electron chi connectivity index (χ0n) is 14.3. The van der Waals surface area contributed by atoms with Gasteiger partial charge in [-0.25, -0.2) is 9.87 Å². The van der Waals surface area contributed by atoms with Crippen LogP contribution in [-0.4, -0.2) is 52.6 Å². The van der Waals surface area contributed by atoms with Gasteiger partial charge < -0.3 is 0 Å². The Morgan fingerprint density at radius 3 is 2.64 bits per heavy atom. The van der Waals surface area contributed by atoms with Crippen molar-refractivity contribution in [2.75, 3.05) is 19.6 Å². The van der Waals surface area contributed by atoms with Gasteiger partial charge in [0.25, 0.3) is 5.91 Å². The van der Waals surface area contributed by atoms with Crippen LogP contribution in [0.1, 0.15) is 47.2 Å². The second-order valence-corrected chi connectivity index (χ2v) is 8.46. The Morgan fingerprint density at radius 2 is 1.96 bits per heavy atom. The van der Waals surface area contributed by atoms with Gasteiger partial charge in [0.05, 0.1) is 0 Å². The van der Waals surface area contributed by atoms with Crippen molar-refractivity contribution in [2.45, 2.75) is 50.7 Å². The van der Waals surface area contributed by atoms with Crippen molar-refractivity contribution < 1.29 is 14.4 Å². The standard InChI is InChI=1S/C19H24FN3O2/c20-17-6-13(18(24)21-25)5-12-3-4-22(9-16(12)17)15-7-19(8-15)10-23(11-19)14-1-2-14/h5-6,14-15,25H,1-4,7-11H2,(H,21,24). The van der Waals surface area contributed by atoms with Crippen LogP contribution in [0.4, 0.5) is 4.39 Å². The summed E-state index contributed by atoms with van der Waals surface area (Å²) in [6, 6.07) is 4.40. The van der Waals surface area contributed by atoms with Gasteiger partial charge in [-0.05, 0) is 55.2 Å². The third kappa shape index (κ3) is 2.58. The molecule has 0 unspecified atom stereocenters. The predicted octanol–water partition coefficient (Wildman–Crippen LogP) is 1.93. The number of carbonyl (C=O) groups excluding carboxylic acids is 1. The number of fused-ring (bicyclic) bond motifs is 1. The Labute approximate surface area is 146 Å². The van der Waals surface area contributed by atoms with E-state index < -0.39 is 5.91 Å². The van der Waals surface area contributed by atoms with Crippen LogP contribution < -0.4 is 5.48 Å². The van der Waals surface area contributed by atoms with Crippen LogP contribution >= 0.6 is 0 Å². The minimum atomic E-state index is -0.657. The maximum Gasteiger partial charge on any atom is 0.274 e. The summed E-state index contributed by atoms with van der Waals surface area (Å²) in [4.78, 5) is 16.6. The van der Waals surface area contributed by atoms with Gasteiger partial charge in [-0.2, -0.15) is 0 Å². The van der Waals surface area contributed by atoms with E-state index in [9.17, 15) is 9.18 Å². The number of rotatable bonds is 3. The zero-order valence-corrected chi connectivity index (χ0v) is 14.3. The first-order valence-electron chi connectivity index (χ1n) is 9.31. The summed E-state index contributed by atoms with van der Waals surface area (Å²) in [7, 11) is 0. The molecule has 0 radical (unpaired) electrons. The fraction of sp³-hybridized carbons (Fsp3) is 0.632. The largest absolute Gasteiger partial charge is 0.299 e. The highest BCUT2D eigenvalue weighted by Crippen LogP contribution is 2.53. The first-order chi connectivity index (χ1) is 12.1. The van der Waals surface area contributed by atoms with Crippen molar-refractivity contribution in [1.82, 2.24) is 15.3 Å². The van der Waals surface area contributed by atoms with Gasteiger partial charge in [0.1, 0.15) is 5.82 Å². The molecular weight excluding hydrogens is 321 g/mol. The lowest BCUT2D eigenvalue weighted by Gasteiger charge is -2.62. The Kier molecular flexibility index (Phi) is 3.46. The second kappa shape index (κ2) is 5.50. The van der Waals surface area contributed by atoms with Crippen LogP contribution in [0.2, 0.25) is 0 Å². The molecule has 1 aromatic rings. The fourth-order valence-electron chi connectivity index (χ4n) is 5.12. The van der Waals surface area contributed by atoms with Gasteiger partial charge in [0.15, 0.2) is 0 Å². The molecule has 2 saturated carbocycles. The molecule has 2 aliphatic carbocycles. The van der Waals surface area contributed by atoms with Crippen LogP contribution in [0, 0.1) is 11.2 Å². The van der Waals surface area contributed by atoms with Crippen molar-refractivity contribution >= 4 is 5.91 Å². The zero-order chi connectivity index (χ0) is 17.2. The first kappa shape index (κ1) is 15.7. The summed E-state index contributed by atoms with van der Waals surface area (Å²) in [6.07, 6.45) is 6.03. The summed E-state index contributed by atoms with van der Waals surface area (Å²) in [6.45, 7) is 4.10. The molecule has 2 N–H and O–H groups in total. The average Bonchev–Trinajstić information content (AvgIpc) is 3.36. The molecule has 1 spiro atoms. The highest BCUT2D eigenvalue weighted by molar-refractivity contribution is 5.93. The van der Waals surface area contributed by atoms with Crippen LogP contribution in [0.15, 0.2) is 12.1 Å². The molecule has 5 nitrogen and oxygen atoms in total. The molecule has 6 heteroatoms. The molecule has 1 aromatic carbocycles. The van der Waals surface area contributed by atoms with Crippen molar-refractivity contribution in [2.24, 2.45) is 5.41 Å². The van der Waals surface area contributed by atoms with Crippen LogP contribution in [0.25, 0.3) is 0 Å². The normalized spacial score (nSPS) is 26.0. The summed E-state index contributed by atoms with van der Waals surface area (Å²) in [5.41, 5.74) is 3.93. The van der Waals surface area contributed by atoms with E-state index in [1.807, 2.05) is 0 Å². The van der Waals surface area contributed by atoms with Crippen LogP contribution in [0.5, 0.6) is 0 Å².